The van der Waals surface area contributed by atoms with Crippen LogP contribution in [-0.2, 0) is 4.79 Å². The van der Waals surface area contributed by atoms with E-state index in [1.807, 2.05) is 47.2 Å². The van der Waals surface area contributed by atoms with Crippen LogP contribution in [-0.4, -0.2) is 17.0 Å². The van der Waals surface area contributed by atoms with Gasteiger partial charge < -0.3 is 10.4 Å². The van der Waals surface area contributed by atoms with E-state index in [0.717, 1.165) is 15.6 Å². The summed E-state index contributed by atoms with van der Waals surface area (Å²) in [6.45, 7) is 0. The number of fused-ring (bicyclic) bond motifs is 1. The highest BCUT2D eigenvalue weighted by Gasteiger charge is 2.20. The third-order valence-electron chi connectivity index (χ3n) is 3.28. The maximum Gasteiger partial charge on any atom is 0.305 e. The number of hydrogen-bond donors (Lipinski definition) is 2. The second kappa shape index (κ2) is 6.29. The molecule has 3 rings (SSSR count). The van der Waals surface area contributed by atoms with Gasteiger partial charge in [0.15, 0.2) is 0 Å². The molecule has 1 atom stereocenters. The smallest absolute Gasteiger partial charge is 0.305 e. The van der Waals surface area contributed by atoms with E-state index < -0.39 is 12.0 Å². The topological polar surface area (TPSA) is 66.4 Å². The van der Waals surface area contributed by atoms with Gasteiger partial charge in [0.05, 0.1) is 17.3 Å². The molecule has 4 nitrogen and oxygen atoms in total. The highest BCUT2D eigenvalue weighted by Crippen LogP contribution is 2.26. The fraction of sp³-hybridized carbons (Fsp3) is 0.125. The van der Waals surface area contributed by atoms with Crippen molar-refractivity contribution in [3.8, 4) is 0 Å². The fourth-order valence-corrected chi connectivity index (χ4v) is 3.90. The highest BCUT2D eigenvalue weighted by molar-refractivity contribution is 7.20. The predicted molar refractivity (Wildman–Crippen MR) is 88.6 cm³/mol. The van der Waals surface area contributed by atoms with E-state index in [4.69, 9.17) is 5.11 Å². The number of nitrogens with one attached hydrogen (secondary N) is 1. The van der Waals surface area contributed by atoms with Crippen molar-refractivity contribution >= 4 is 44.6 Å². The van der Waals surface area contributed by atoms with Gasteiger partial charge in [0, 0.05) is 4.70 Å². The van der Waals surface area contributed by atoms with Crippen LogP contribution >= 0.6 is 22.7 Å². The maximum absolute atomic E-state index is 12.4. The maximum atomic E-state index is 12.4. The van der Waals surface area contributed by atoms with E-state index in [9.17, 15) is 9.59 Å². The van der Waals surface area contributed by atoms with Crippen molar-refractivity contribution in [2.24, 2.45) is 0 Å². The molecule has 0 radical (unpaired) electrons. The van der Waals surface area contributed by atoms with Crippen molar-refractivity contribution in [1.82, 2.24) is 5.32 Å². The number of carbonyl (C=O) groups is 2. The molecular weight excluding hydrogens is 318 g/mol. The molecule has 0 fully saturated rings. The van der Waals surface area contributed by atoms with Gasteiger partial charge in [0.2, 0.25) is 0 Å². The zero-order chi connectivity index (χ0) is 15.5. The third-order valence-corrected chi connectivity index (χ3v) is 5.10. The summed E-state index contributed by atoms with van der Waals surface area (Å²) >= 11 is 2.89. The number of carboxylic acids is 1. The molecule has 0 aliphatic carbocycles. The minimum Gasteiger partial charge on any atom is -0.481 e. The van der Waals surface area contributed by atoms with Crippen LogP contribution in [0, 0.1) is 0 Å². The number of benzene rings is 1. The Morgan fingerprint density at radius 2 is 2.05 bits per heavy atom. The summed E-state index contributed by atoms with van der Waals surface area (Å²) in [5, 5.41) is 16.6. The molecule has 3 aromatic rings. The molecule has 6 heteroatoms. The van der Waals surface area contributed by atoms with Crippen LogP contribution in [0.2, 0.25) is 0 Å². The van der Waals surface area contributed by atoms with Crippen molar-refractivity contribution in [1.29, 1.82) is 0 Å². The Kier molecular flexibility index (Phi) is 4.22. The summed E-state index contributed by atoms with van der Waals surface area (Å²) in [6.07, 6.45) is -0.132. The second-order valence-corrected chi connectivity index (χ2v) is 6.69. The lowest BCUT2D eigenvalue weighted by Crippen LogP contribution is -2.29. The zero-order valence-electron chi connectivity index (χ0n) is 11.5. The first kappa shape index (κ1) is 14.7. The molecule has 22 heavy (non-hydrogen) atoms. The first-order chi connectivity index (χ1) is 10.6. The molecule has 0 aliphatic rings. The number of rotatable bonds is 5. The molecule has 0 aliphatic heterocycles. The van der Waals surface area contributed by atoms with E-state index in [-0.39, 0.29) is 12.3 Å². The first-order valence-electron chi connectivity index (χ1n) is 6.67. The summed E-state index contributed by atoms with van der Waals surface area (Å²) in [4.78, 5) is 24.0. The largest absolute Gasteiger partial charge is 0.481 e. The van der Waals surface area contributed by atoms with E-state index in [1.165, 1.54) is 22.7 Å². The molecule has 0 saturated heterocycles. The van der Waals surface area contributed by atoms with Crippen LogP contribution in [0.25, 0.3) is 10.1 Å². The predicted octanol–water partition coefficient (Wildman–Crippen LogP) is 3.91. The van der Waals surface area contributed by atoms with Crippen molar-refractivity contribution in [2.45, 2.75) is 12.5 Å². The molecule has 2 heterocycles. The fourth-order valence-electron chi connectivity index (χ4n) is 2.22. The Labute approximate surface area is 135 Å². The van der Waals surface area contributed by atoms with Gasteiger partial charge in [-0.3, -0.25) is 9.59 Å². The van der Waals surface area contributed by atoms with Crippen molar-refractivity contribution in [2.75, 3.05) is 0 Å². The van der Waals surface area contributed by atoms with Crippen molar-refractivity contribution < 1.29 is 14.7 Å². The third kappa shape index (κ3) is 3.18. The van der Waals surface area contributed by atoms with Crippen LogP contribution in [0.1, 0.15) is 27.7 Å². The zero-order valence-corrected chi connectivity index (χ0v) is 13.1. The monoisotopic (exact) mass is 331 g/mol. The first-order valence-corrected chi connectivity index (χ1v) is 8.43. The number of thiophene rings is 2. The number of hydrogen-bond acceptors (Lipinski definition) is 4. The van der Waals surface area contributed by atoms with Gasteiger partial charge in [-0.1, -0.05) is 18.2 Å². The number of amides is 1. The van der Waals surface area contributed by atoms with Gasteiger partial charge in [-0.2, -0.15) is 11.3 Å². The summed E-state index contributed by atoms with van der Waals surface area (Å²) in [7, 11) is 0. The SMILES string of the molecule is O=C(O)CC(NC(=O)c1cc2ccccc2s1)c1ccsc1. The average molecular weight is 331 g/mol. The number of carbonyl (C=O) groups excluding carboxylic acids is 1. The van der Waals surface area contributed by atoms with Gasteiger partial charge in [-0.15, -0.1) is 11.3 Å². The Morgan fingerprint density at radius 1 is 1.23 bits per heavy atom. The second-order valence-electron chi connectivity index (χ2n) is 4.83. The Hall–Kier alpha value is -2.18. The molecule has 2 N–H and O–H groups in total. The quantitative estimate of drug-likeness (QED) is 0.745. The van der Waals surface area contributed by atoms with Crippen LogP contribution in [0.15, 0.2) is 47.2 Å². The minimum absolute atomic E-state index is 0.132. The van der Waals surface area contributed by atoms with Gasteiger partial charge in [-0.05, 0) is 39.9 Å². The van der Waals surface area contributed by atoms with Crippen molar-refractivity contribution in [3.63, 3.8) is 0 Å². The van der Waals surface area contributed by atoms with Gasteiger partial charge in [0.25, 0.3) is 5.91 Å². The van der Waals surface area contributed by atoms with E-state index in [0.29, 0.717) is 4.88 Å². The van der Waals surface area contributed by atoms with Crippen molar-refractivity contribution in [3.05, 3.63) is 57.6 Å². The summed E-state index contributed by atoms with van der Waals surface area (Å²) in [5.41, 5.74) is 0.821. The number of carboxylic acid groups (broad SMARTS) is 1. The molecule has 1 amide bonds. The minimum atomic E-state index is -0.937. The van der Waals surface area contributed by atoms with Crippen LogP contribution < -0.4 is 5.32 Å². The molecule has 0 bridgehead atoms. The number of aliphatic carboxylic acids is 1. The van der Waals surface area contributed by atoms with Crippen LogP contribution in [0.4, 0.5) is 0 Å². The molecule has 1 unspecified atom stereocenters. The molecule has 0 saturated carbocycles. The lowest BCUT2D eigenvalue weighted by Gasteiger charge is -2.15. The molecule has 112 valence electrons. The normalized spacial score (nSPS) is 12.2. The van der Waals surface area contributed by atoms with Gasteiger partial charge in [0.1, 0.15) is 0 Å². The Balaban J connectivity index is 1.82. The summed E-state index contributed by atoms with van der Waals surface area (Å²) in [5.74, 6) is -1.17. The molecule has 1 aromatic carbocycles. The average Bonchev–Trinajstić information content (AvgIpc) is 3.15. The Bertz CT molecular complexity index is 775. The molecule has 0 spiro atoms. The highest BCUT2D eigenvalue weighted by atomic mass is 32.1. The summed E-state index contributed by atoms with van der Waals surface area (Å²) < 4.78 is 1.04. The van der Waals surface area contributed by atoms with Crippen LogP contribution in [0.5, 0.6) is 0 Å². The van der Waals surface area contributed by atoms with E-state index in [2.05, 4.69) is 5.32 Å². The standard InChI is InChI=1S/C16H13NO3S2/c18-15(19)8-12(11-5-6-21-9-11)17-16(20)14-7-10-3-1-2-4-13(10)22-14/h1-7,9,12H,8H2,(H,17,20)(H,18,19). The van der Waals surface area contributed by atoms with E-state index >= 15 is 0 Å². The van der Waals surface area contributed by atoms with E-state index in [1.54, 1.807) is 0 Å². The lowest BCUT2D eigenvalue weighted by atomic mass is 10.1. The molecular formula is C16H13NO3S2. The Morgan fingerprint density at radius 3 is 2.73 bits per heavy atom. The van der Waals surface area contributed by atoms with Gasteiger partial charge in [-0.25, -0.2) is 0 Å². The van der Waals surface area contributed by atoms with Gasteiger partial charge >= 0.3 is 5.97 Å². The molecule has 2 aromatic heterocycles. The van der Waals surface area contributed by atoms with Crippen LogP contribution in [0.3, 0.4) is 0 Å². The summed E-state index contributed by atoms with van der Waals surface area (Å²) in [6, 6.07) is 10.9. The lowest BCUT2D eigenvalue weighted by molar-refractivity contribution is -0.137.